The molecular formula is C30H39ClN4O4. The van der Waals surface area contributed by atoms with Crippen molar-refractivity contribution in [2.24, 2.45) is 11.8 Å². The fourth-order valence-electron chi connectivity index (χ4n) is 5.82. The van der Waals surface area contributed by atoms with Crippen molar-refractivity contribution in [3.8, 4) is 5.75 Å². The Balaban J connectivity index is 1.20. The minimum absolute atomic E-state index is 0.0561. The van der Waals surface area contributed by atoms with Crippen molar-refractivity contribution >= 4 is 29.1 Å². The second-order valence-corrected chi connectivity index (χ2v) is 11.2. The Morgan fingerprint density at radius 2 is 1.82 bits per heavy atom. The third-order valence-electron chi connectivity index (χ3n) is 8.08. The Labute approximate surface area is 236 Å². The molecule has 0 aromatic heterocycles. The Kier molecular flexibility index (Phi) is 9.61. The molecule has 2 atom stereocenters. The summed E-state index contributed by atoms with van der Waals surface area (Å²) < 4.78 is 11.8. The highest BCUT2D eigenvalue weighted by molar-refractivity contribution is 6.30. The highest BCUT2D eigenvalue weighted by Crippen LogP contribution is 2.31. The van der Waals surface area contributed by atoms with Crippen LogP contribution in [0.4, 0.5) is 5.69 Å². The summed E-state index contributed by atoms with van der Waals surface area (Å²) in [5, 5.41) is 7.10. The molecule has 9 heteroatoms. The molecule has 0 radical (unpaired) electrons. The van der Waals surface area contributed by atoms with Crippen LogP contribution >= 0.6 is 11.6 Å². The summed E-state index contributed by atoms with van der Waals surface area (Å²) in [6.45, 7) is 6.60. The van der Waals surface area contributed by atoms with Crippen LogP contribution in [0.2, 0.25) is 5.02 Å². The molecule has 2 aromatic carbocycles. The highest BCUT2D eigenvalue weighted by atomic mass is 35.5. The Bertz CT molecular complexity index is 1120. The van der Waals surface area contributed by atoms with Crippen molar-refractivity contribution < 1.29 is 19.1 Å². The topological polar surface area (TPSA) is 83.1 Å². The number of nitrogens with one attached hydrogen (secondary N) is 2. The van der Waals surface area contributed by atoms with E-state index >= 15 is 0 Å². The molecule has 2 aromatic rings. The number of fused-ring (bicyclic) bond motifs is 3. The van der Waals surface area contributed by atoms with Gasteiger partial charge in [0.1, 0.15) is 5.75 Å². The van der Waals surface area contributed by atoms with Crippen LogP contribution in [-0.2, 0) is 27.4 Å². The molecule has 3 aliphatic rings. The van der Waals surface area contributed by atoms with Crippen molar-refractivity contribution in [2.45, 2.75) is 38.8 Å². The molecule has 2 bridgehead atoms. The number of anilines is 1. The SMILES string of the molecule is O=C(C[C@@H]1CCN2C[C@@H]1CCCOc1ccc(N3CCOCC3)cc1CNCC2=O)NCc1ccc(Cl)cc1. The van der Waals surface area contributed by atoms with Crippen LogP contribution in [0, 0.1) is 11.8 Å². The lowest BCUT2D eigenvalue weighted by Crippen LogP contribution is -2.47. The summed E-state index contributed by atoms with van der Waals surface area (Å²) in [6, 6.07) is 13.9. The second-order valence-electron chi connectivity index (χ2n) is 10.7. The van der Waals surface area contributed by atoms with Crippen molar-refractivity contribution in [3.05, 3.63) is 58.6 Å². The number of amides is 2. The lowest BCUT2D eigenvalue weighted by atomic mass is 9.80. The van der Waals surface area contributed by atoms with Gasteiger partial charge >= 0.3 is 0 Å². The van der Waals surface area contributed by atoms with Crippen molar-refractivity contribution in [1.29, 1.82) is 0 Å². The van der Waals surface area contributed by atoms with E-state index in [1.54, 1.807) is 0 Å². The molecule has 8 nitrogen and oxygen atoms in total. The summed E-state index contributed by atoms with van der Waals surface area (Å²) >= 11 is 5.96. The summed E-state index contributed by atoms with van der Waals surface area (Å²) in [4.78, 5) is 30.2. The van der Waals surface area contributed by atoms with Crippen LogP contribution in [0.1, 0.15) is 36.8 Å². The number of carbonyl (C=O) groups is 2. The molecule has 2 N–H and O–H groups in total. The molecule has 0 aliphatic carbocycles. The highest BCUT2D eigenvalue weighted by Gasteiger charge is 2.32. The molecule has 3 aliphatic heterocycles. The normalized spacial score (nSPS) is 22.5. The zero-order chi connectivity index (χ0) is 27.0. The number of rotatable bonds is 5. The first-order valence-electron chi connectivity index (χ1n) is 14.1. The number of piperidine rings is 1. The van der Waals surface area contributed by atoms with E-state index in [1.807, 2.05) is 29.2 Å². The number of hydrogen-bond acceptors (Lipinski definition) is 6. The Hall–Kier alpha value is -2.81. The molecule has 0 saturated carbocycles. The number of ether oxygens (including phenoxy) is 2. The van der Waals surface area contributed by atoms with Gasteiger partial charge in [0, 0.05) is 62.0 Å². The molecule has 2 amide bonds. The number of carbonyl (C=O) groups excluding carboxylic acids is 2. The Morgan fingerprint density at radius 3 is 2.64 bits per heavy atom. The monoisotopic (exact) mass is 554 g/mol. The van der Waals surface area contributed by atoms with Crippen LogP contribution in [-0.4, -0.2) is 69.3 Å². The van der Waals surface area contributed by atoms with Crippen LogP contribution < -0.4 is 20.3 Å². The predicted molar refractivity (Wildman–Crippen MR) is 152 cm³/mol. The molecule has 0 spiro atoms. The summed E-state index contributed by atoms with van der Waals surface area (Å²) in [6.07, 6.45) is 3.13. The van der Waals surface area contributed by atoms with Crippen LogP contribution in [0.25, 0.3) is 0 Å². The van der Waals surface area contributed by atoms with E-state index in [0.717, 1.165) is 68.1 Å². The third-order valence-corrected chi connectivity index (χ3v) is 8.34. The largest absolute Gasteiger partial charge is 0.493 e. The fraction of sp³-hybridized carbons (Fsp3) is 0.533. The standard InChI is InChI=1S/C30H39ClN4O4/c31-26-5-3-22(4-6-26)18-33-29(36)17-23-9-10-35-21-24(23)2-1-13-39-28-8-7-27(34-11-14-38-15-12-34)16-25(28)19-32-20-30(35)37/h3-8,16,23-24,32H,1-2,9-15,17-21H2,(H,33,36)/t23-,24-/m0/s1. The average molecular weight is 555 g/mol. The van der Waals surface area contributed by atoms with E-state index in [4.69, 9.17) is 21.1 Å². The van der Waals surface area contributed by atoms with Gasteiger partial charge in [-0.2, -0.15) is 0 Å². The third kappa shape index (κ3) is 7.65. The van der Waals surface area contributed by atoms with Gasteiger partial charge in [0.2, 0.25) is 11.8 Å². The smallest absolute Gasteiger partial charge is 0.236 e. The van der Waals surface area contributed by atoms with E-state index in [0.29, 0.717) is 50.8 Å². The minimum Gasteiger partial charge on any atom is -0.493 e. The molecule has 0 unspecified atom stereocenters. The van der Waals surface area contributed by atoms with Crippen molar-refractivity contribution in [1.82, 2.24) is 15.5 Å². The van der Waals surface area contributed by atoms with Gasteiger partial charge in [0.25, 0.3) is 0 Å². The summed E-state index contributed by atoms with van der Waals surface area (Å²) in [5.74, 6) is 1.57. The van der Waals surface area contributed by atoms with E-state index in [9.17, 15) is 9.59 Å². The zero-order valence-electron chi connectivity index (χ0n) is 22.5. The lowest BCUT2D eigenvalue weighted by Gasteiger charge is -2.38. The number of benzene rings is 2. The maximum Gasteiger partial charge on any atom is 0.236 e. The van der Waals surface area contributed by atoms with Gasteiger partial charge < -0.3 is 29.9 Å². The molecule has 2 fully saturated rings. The van der Waals surface area contributed by atoms with E-state index in [-0.39, 0.29) is 23.7 Å². The fourth-order valence-corrected chi connectivity index (χ4v) is 5.95. The van der Waals surface area contributed by atoms with E-state index < -0.39 is 0 Å². The number of morpholine rings is 1. The first-order valence-corrected chi connectivity index (χ1v) is 14.5. The molecule has 5 rings (SSSR count). The van der Waals surface area contributed by atoms with Crippen molar-refractivity contribution in [2.75, 3.05) is 57.4 Å². The van der Waals surface area contributed by atoms with Gasteiger partial charge in [-0.3, -0.25) is 9.59 Å². The van der Waals surface area contributed by atoms with Crippen LogP contribution in [0.15, 0.2) is 42.5 Å². The maximum absolute atomic E-state index is 13.1. The van der Waals surface area contributed by atoms with Gasteiger partial charge in [0.15, 0.2) is 0 Å². The maximum atomic E-state index is 13.1. The average Bonchev–Trinajstić information content (AvgIpc) is 2.97. The van der Waals surface area contributed by atoms with Crippen molar-refractivity contribution in [3.63, 3.8) is 0 Å². The number of nitrogens with zero attached hydrogens (tertiary/aromatic N) is 2. The zero-order valence-corrected chi connectivity index (χ0v) is 23.3. The number of hydrogen-bond donors (Lipinski definition) is 2. The van der Waals surface area contributed by atoms with Gasteiger partial charge in [-0.15, -0.1) is 0 Å². The summed E-state index contributed by atoms with van der Waals surface area (Å²) in [5.41, 5.74) is 3.26. The van der Waals surface area contributed by atoms with Gasteiger partial charge in [-0.1, -0.05) is 23.7 Å². The predicted octanol–water partition coefficient (Wildman–Crippen LogP) is 3.61. The first-order chi connectivity index (χ1) is 19.0. The van der Waals surface area contributed by atoms with Crippen LogP contribution in [0.5, 0.6) is 5.75 Å². The minimum atomic E-state index is 0.0561. The molecule has 39 heavy (non-hydrogen) atoms. The summed E-state index contributed by atoms with van der Waals surface area (Å²) in [7, 11) is 0. The van der Waals surface area contributed by atoms with Gasteiger partial charge in [-0.05, 0) is 67.0 Å². The van der Waals surface area contributed by atoms with Gasteiger partial charge in [0.05, 0.1) is 26.4 Å². The molecule has 3 heterocycles. The van der Waals surface area contributed by atoms with E-state index in [1.165, 1.54) is 0 Å². The Morgan fingerprint density at radius 1 is 1.00 bits per heavy atom. The first kappa shape index (κ1) is 27.7. The molecular weight excluding hydrogens is 516 g/mol. The van der Waals surface area contributed by atoms with E-state index in [2.05, 4.69) is 33.7 Å². The quantitative estimate of drug-likeness (QED) is 0.587. The molecule has 210 valence electrons. The van der Waals surface area contributed by atoms with Crippen LogP contribution in [0.3, 0.4) is 0 Å². The lowest BCUT2D eigenvalue weighted by molar-refractivity contribution is -0.133. The second kappa shape index (κ2) is 13.5. The molecule has 2 saturated heterocycles. The number of halogens is 1. The van der Waals surface area contributed by atoms with Gasteiger partial charge in [-0.25, -0.2) is 0 Å².